The lowest BCUT2D eigenvalue weighted by molar-refractivity contribution is -0.124. The molecule has 3 atom stereocenters. The Hall–Kier alpha value is -3.02. The van der Waals surface area contributed by atoms with Crippen molar-refractivity contribution in [3.05, 3.63) is 64.7 Å². The van der Waals surface area contributed by atoms with Crippen LogP contribution in [0.4, 0.5) is 0 Å². The Morgan fingerprint density at radius 2 is 1.93 bits per heavy atom. The van der Waals surface area contributed by atoms with Crippen LogP contribution in [0.3, 0.4) is 0 Å². The molecule has 1 amide bonds. The van der Waals surface area contributed by atoms with Crippen molar-refractivity contribution in [2.45, 2.75) is 32.4 Å². The average molecular weight is 382 g/mol. The molecule has 138 valence electrons. The van der Waals surface area contributed by atoms with Crippen molar-refractivity contribution in [3.8, 4) is 17.9 Å². The molecule has 0 spiro atoms. The number of carbonyl (C=O) groups excluding carboxylic acids is 1. The van der Waals surface area contributed by atoms with Gasteiger partial charge < -0.3 is 10.1 Å². The molecule has 1 unspecified atom stereocenters. The summed E-state index contributed by atoms with van der Waals surface area (Å²) < 4.78 is 6.11. The van der Waals surface area contributed by atoms with Gasteiger partial charge in [-0.2, -0.15) is 10.5 Å². The van der Waals surface area contributed by atoms with Crippen LogP contribution in [0, 0.1) is 28.6 Å². The normalized spacial score (nSPS) is 13.5. The molecule has 1 N–H and O–H groups in total. The van der Waals surface area contributed by atoms with Crippen LogP contribution in [-0.2, 0) is 4.79 Å². The molecule has 0 aliphatic heterocycles. The summed E-state index contributed by atoms with van der Waals surface area (Å²) in [6.45, 7) is 3.59. The number of nitriles is 2. The van der Waals surface area contributed by atoms with Crippen LogP contribution in [-0.4, -0.2) is 11.9 Å². The van der Waals surface area contributed by atoms with Crippen molar-refractivity contribution in [1.82, 2.24) is 5.32 Å². The van der Waals surface area contributed by atoms with E-state index in [0.29, 0.717) is 22.8 Å². The topological polar surface area (TPSA) is 85.9 Å². The number of nitrogens with one attached hydrogen (secondary N) is 1. The number of hydrogen-bond donors (Lipinski definition) is 1. The minimum atomic E-state index is -0.718. The molecule has 6 heteroatoms. The first-order valence-electron chi connectivity index (χ1n) is 8.61. The lowest BCUT2D eigenvalue weighted by atomic mass is 10.0. The quantitative estimate of drug-likeness (QED) is 0.770. The van der Waals surface area contributed by atoms with E-state index in [2.05, 4.69) is 11.4 Å². The zero-order chi connectivity index (χ0) is 19.8. The molecule has 0 heterocycles. The molecule has 0 saturated heterocycles. The third-order valence-electron chi connectivity index (χ3n) is 4.15. The molecule has 5 nitrogen and oxygen atoms in total. The van der Waals surface area contributed by atoms with Crippen molar-refractivity contribution >= 4 is 17.5 Å². The van der Waals surface area contributed by atoms with Crippen LogP contribution in [0.1, 0.15) is 37.5 Å². The number of ether oxygens (including phenoxy) is 1. The first-order chi connectivity index (χ1) is 13.0. The molecule has 2 aromatic carbocycles. The Kier molecular flexibility index (Phi) is 7.23. The van der Waals surface area contributed by atoms with E-state index in [4.69, 9.17) is 21.6 Å². The Balaban J connectivity index is 2.33. The molecular weight excluding hydrogens is 362 g/mol. The van der Waals surface area contributed by atoms with Crippen LogP contribution in [0.15, 0.2) is 48.5 Å². The van der Waals surface area contributed by atoms with E-state index in [1.165, 1.54) is 0 Å². The maximum absolute atomic E-state index is 12.3. The minimum Gasteiger partial charge on any atom is -0.482 e. The van der Waals surface area contributed by atoms with Gasteiger partial charge in [-0.05, 0) is 31.0 Å². The Labute approximate surface area is 164 Å². The summed E-state index contributed by atoms with van der Waals surface area (Å²) in [5, 5.41) is 21.7. The van der Waals surface area contributed by atoms with E-state index < -0.39 is 18.1 Å². The third-order valence-corrected chi connectivity index (χ3v) is 4.39. The van der Waals surface area contributed by atoms with Crippen LogP contribution in [0.2, 0.25) is 5.02 Å². The van der Waals surface area contributed by atoms with Crippen LogP contribution in [0.25, 0.3) is 0 Å². The van der Waals surface area contributed by atoms with E-state index in [1.54, 1.807) is 32.0 Å². The summed E-state index contributed by atoms with van der Waals surface area (Å²) in [6.07, 6.45) is -0.129. The van der Waals surface area contributed by atoms with Crippen LogP contribution < -0.4 is 10.1 Å². The van der Waals surface area contributed by atoms with E-state index in [-0.39, 0.29) is 5.91 Å². The van der Waals surface area contributed by atoms with E-state index in [9.17, 15) is 10.1 Å². The van der Waals surface area contributed by atoms with Gasteiger partial charge in [0.25, 0.3) is 0 Å². The number of rotatable bonds is 7. The molecule has 0 fully saturated rings. The summed E-state index contributed by atoms with van der Waals surface area (Å²) in [6, 6.07) is 17.8. The monoisotopic (exact) mass is 381 g/mol. The number of carbonyl (C=O) groups is 1. The highest BCUT2D eigenvalue weighted by atomic mass is 35.5. The van der Waals surface area contributed by atoms with Gasteiger partial charge in [-0.15, -0.1) is 0 Å². The molecule has 2 rings (SSSR count). The SMILES string of the molecule is CCC(C#N)C(=O)N[C@H](C)[C@@H](Oc1cc(Cl)ccc1C#N)c1ccccc1. The standard InChI is InChI=1S/C21H20ClN3O2/c1-3-15(12-23)21(26)25-14(2)20(16-7-5-4-6-8-16)27-19-11-18(22)10-9-17(19)13-24/h4-11,14-15,20H,3H2,1-2H3,(H,25,26)/t14-,15?,20-/m1/s1. The van der Waals surface area contributed by atoms with Crippen LogP contribution >= 0.6 is 11.6 Å². The van der Waals surface area contributed by atoms with Crippen molar-refractivity contribution < 1.29 is 9.53 Å². The van der Waals surface area contributed by atoms with E-state index in [0.717, 1.165) is 5.56 Å². The second kappa shape index (κ2) is 9.62. The highest BCUT2D eigenvalue weighted by Crippen LogP contribution is 2.30. The summed E-state index contributed by atoms with van der Waals surface area (Å²) in [5.41, 5.74) is 1.18. The molecule has 0 aliphatic carbocycles. The summed E-state index contributed by atoms with van der Waals surface area (Å²) in [7, 11) is 0. The zero-order valence-corrected chi connectivity index (χ0v) is 15.9. The Morgan fingerprint density at radius 1 is 1.22 bits per heavy atom. The van der Waals surface area contributed by atoms with Gasteiger partial charge >= 0.3 is 0 Å². The average Bonchev–Trinajstić information content (AvgIpc) is 2.67. The van der Waals surface area contributed by atoms with Gasteiger partial charge in [0, 0.05) is 11.1 Å². The fraction of sp³-hybridized carbons (Fsp3) is 0.286. The molecule has 27 heavy (non-hydrogen) atoms. The van der Waals surface area contributed by atoms with Gasteiger partial charge in [-0.3, -0.25) is 4.79 Å². The van der Waals surface area contributed by atoms with Gasteiger partial charge in [-0.1, -0.05) is 48.9 Å². The number of nitrogens with zero attached hydrogens (tertiary/aromatic N) is 2. The molecule has 0 bridgehead atoms. The van der Waals surface area contributed by atoms with Crippen molar-refractivity contribution in [1.29, 1.82) is 10.5 Å². The predicted octanol–water partition coefficient (Wildman–Crippen LogP) is 4.39. The second-order valence-corrected chi connectivity index (χ2v) is 6.53. The molecule has 0 saturated carbocycles. The number of hydrogen-bond acceptors (Lipinski definition) is 4. The number of benzene rings is 2. The highest BCUT2D eigenvalue weighted by Gasteiger charge is 2.26. The Bertz CT molecular complexity index is 871. The number of halogens is 1. The lowest BCUT2D eigenvalue weighted by Crippen LogP contribution is -2.41. The zero-order valence-electron chi connectivity index (χ0n) is 15.1. The first-order valence-corrected chi connectivity index (χ1v) is 8.99. The van der Waals surface area contributed by atoms with Gasteiger partial charge in [-0.25, -0.2) is 0 Å². The Morgan fingerprint density at radius 3 is 2.52 bits per heavy atom. The maximum atomic E-state index is 12.3. The van der Waals surface area contributed by atoms with Crippen molar-refractivity contribution in [2.24, 2.45) is 5.92 Å². The van der Waals surface area contributed by atoms with Crippen molar-refractivity contribution in [3.63, 3.8) is 0 Å². The summed E-state index contributed by atoms with van der Waals surface area (Å²) in [5.74, 6) is -0.722. The fourth-order valence-electron chi connectivity index (χ4n) is 2.66. The largest absolute Gasteiger partial charge is 0.482 e. The summed E-state index contributed by atoms with van der Waals surface area (Å²) >= 11 is 6.05. The molecular formula is C21H20ClN3O2. The lowest BCUT2D eigenvalue weighted by Gasteiger charge is -2.27. The van der Waals surface area contributed by atoms with Crippen molar-refractivity contribution in [2.75, 3.05) is 0 Å². The molecule has 0 aromatic heterocycles. The van der Waals surface area contributed by atoms with E-state index >= 15 is 0 Å². The van der Waals surface area contributed by atoms with Gasteiger partial charge in [0.05, 0.1) is 17.7 Å². The highest BCUT2D eigenvalue weighted by molar-refractivity contribution is 6.30. The molecule has 0 radical (unpaired) electrons. The maximum Gasteiger partial charge on any atom is 0.237 e. The summed E-state index contributed by atoms with van der Waals surface area (Å²) in [4.78, 5) is 12.3. The predicted molar refractivity (Wildman–Crippen MR) is 103 cm³/mol. The minimum absolute atomic E-state index is 0.340. The van der Waals surface area contributed by atoms with E-state index in [1.807, 2.05) is 36.4 Å². The van der Waals surface area contributed by atoms with Gasteiger partial charge in [0.2, 0.25) is 5.91 Å². The smallest absolute Gasteiger partial charge is 0.237 e. The first kappa shape index (κ1) is 20.3. The molecule has 2 aromatic rings. The fourth-order valence-corrected chi connectivity index (χ4v) is 2.82. The molecule has 0 aliphatic rings. The van der Waals surface area contributed by atoms with Gasteiger partial charge in [0.15, 0.2) is 0 Å². The number of amides is 1. The van der Waals surface area contributed by atoms with Crippen LogP contribution in [0.5, 0.6) is 5.75 Å². The van der Waals surface area contributed by atoms with Gasteiger partial charge in [0.1, 0.15) is 23.8 Å². The third kappa shape index (κ3) is 5.23. The second-order valence-electron chi connectivity index (χ2n) is 6.09.